The SMILES string of the molecule is Cl.NC1(c2noc(-c3ccccc3NC(=O)c3cccs3)n2)CCCC1. The molecule has 0 spiro atoms. The summed E-state index contributed by atoms with van der Waals surface area (Å²) >= 11 is 1.39. The highest BCUT2D eigenvalue weighted by Crippen LogP contribution is 2.36. The van der Waals surface area contributed by atoms with Crippen LogP contribution in [-0.4, -0.2) is 16.0 Å². The van der Waals surface area contributed by atoms with Crippen LogP contribution in [0.25, 0.3) is 11.5 Å². The Morgan fingerprint density at radius 3 is 2.69 bits per heavy atom. The second-order valence-electron chi connectivity index (χ2n) is 6.26. The van der Waals surface area contributed by atoms with Crippen LogP contribution in [0.4, 0.5) is 5.69 Å². The van der Waals surface area contributed by atoms with Crippen molar-refractivity contribution >= 4 is 35.3 Å². The minimum absolute atomic E-state index is 0. The molecule has 0 aliphatic heterocycles. The number of amides is 1. The predicted octanol–water partition coefficient (Wildman–Crippen LogP) is 4.20. The van der Waals surface area contributed by atoms with Gasteiger partial charge in [0.2, 0.25) is 0 Å². The number of hydrogen-bond donors (Lipinski definition) is 2. The normalized spacial score (nSPS) is 15.4. The lowest BCUT2D eigenvalue weighted by molar-refractivity contribution is 0.103. The molecule has 3 N–H and O–H groups in total. The summed E-state index contributed by atoms with van der Waals surface area (Å²) < 4.78 is 5.45. The van der Waals surface area contributed by atoms with Gasteiger partial charge in [-0.15, -0.1) is 23.7 Å². The van der Waals surface area contributed by atoms with E-state index in [2.05, 4.69) is 15.5 Å². The summed E-state index contributed by atoms with van der Waals surface area (Å²) in [5, 5.41) is 8.88. The zero-order valence-corrected chi connectivity index (χ0v) is 15.6. The van der Waals surface area contributed by atoms with Crippen LogP contribution in [0.15, 0.2) is 46.3 Å². The van der Waals surface area contributed by atoms with E-state index in [1.165, 1.54) is 11.3 Å². The van der Waals surface area contributed by atoms with Crippen LogP contribution in [0.2, 0.25) is 0 Å². The van der Waals surface area contributed by atoms with Crippen molar-refractivity contribution in [2.75, 3.05) is 5.32 Å². The summed E-state index contributed by atoms with van der Waals surface area (Å²) in [7, 11) is 0. The Morgan fingerprint density at radius 1 is 1.19 bits per heavy atom. The van der Waals surface area contributed by atoms with E-state index < -0.39 is 5.54 Å². The molecule has 2 aromatic heterocycles. The molecule has 1 aliphatic rings. The lowest BCUT2D eigenvalue weighted by atomic mass is 9.98. The van der Waals surface area contributed by atoms with Gasteiger partial charge in [-0.05, 0) is 36.4 Å². The molecule has 136 valence electrons. The highest BCUT2D eigenvalue weighted by Gasteiger charge is 2.36. The third kappa shape index (κ3) is 3.51. The second kappa shape index (κ2) is 7.57. The number of carbonyl (C=O) groups excluding carboxylic acids is 1. The van der Waals surface area contributed by atoms with Gasteiger partial charge in [-0.25, -0.2) is 0 Å². The van der Waals surface area contributed by atoms with Crippen molar-refractivity contribution in [3.8, 4) is 11.5 Å². The summed E-state index contributed by atoms with van der Waals surface area (Å²) in [5.41, 5.74) is 7.22. The molecule has 0 atom stereocenters. The fourth-order valence-corrected chi connectivity index (χ4v) is 3.75. The molecule has 1 amide bonds. The van der Waals surface area contributed by atoms with Gasteiger partial charge >= 0.3 is 0 Å². The highest BCUT2D eigenvalue weighted by molar-refractivity contribution is 7.12. The monoisotopic (exact) mass is 390 g/mol. The molecule has 0 bridgehead atoms. The first kappa shape index (κ1) is 18.6. The Morgan fingerprint density at radius 2 is 1.96 bits per heavy atom. The summed E-state index contributed by atoms with van der Waals surface area (Å²) in [6, 6.07) is 11.0. The zero-order valence-electron chi connectivity index (χ0n) is 14.0. The molecule has 26 heavy (non-hydrogen) atoms. The molecule has 3 aromatic rings. The molecular formula is C18H19ClN4O2S. The second-order valence-corrected chi connectivity index (χ2v) is 7.21. The van der Waals surface area contributed by atoms with Gasteiger partial charge in [-0.1, -0.05) is 36.2 Å². The Labute approximate surface area is 161 Å². The maximum atomic E-state index is 12.3. The molecule has 4 rings (SSSR count). The lowest BCUT2D eigenvalue weighted by Crippen LogP contribution is -2.34. The maximum Gasteiger partial charge on any atom is 0.265 e. The van der Waals surface area contributed by atoms with Crippen LogP contribution in [0.5, 0.6) is 0 Å². The molecule has 1 aromatic carbocycles. The van der Waals surface area contributed by atoms with Gasteiger partial charge in [0.15, 0.2) is 5.82 Å². The van der Waals surface area contributed by atoms with E-state index in [1.807, 2.05) is 35.7 Å². The molecular weight excluding hydrogens is 372 g/mol. The van der Waals surface area contributed by atoms with Crippen LogP contribution in [-0.2, 0) is 5.54 Å². The number of rotatable bonds is 4. The molecule has 1 saturated carbocycles. The van der Waals surface area contributed by atoms with Crippen LogP contribution < -0.4 is 11.1 Å². The number of hydrogen-bond acceptors (Lipinski definition) is 6. The van der Waals surface area contributed by atoms with Gasteiger partial charge in [0.05, 0.1) is 21.7 Å². The first-order valence-electron chi connectivity index (χ1n) is 8.23. The van der Waals surface area contributed by atoms with Crippen LogP contribution in [0.1, 0.15) is 41.2 Å². The number of benzene rings is 1. The number of halogens is 1. The quantitative estimate of drug-likeness (QED) is 0.696. The first-order chi connectivity index (χ1) is 12.2. The molecule has 1 aliphatic carbocycles. The van der Waals surface area contributed by atoms with Crippen molar-refractivity contribution in [2.24, 2.45) is 5.73 Å². The van der Waals surface area contributed by atoms with Crippen molar-refractivity contribution in [3.63, 3.8) is 0 Å². The van der Waals surface area contributed by atoms with E-state index in [-0.39, 0.29) is 18.3 Å². The van der Waals surface area contributed by atoms with Crippen molar-refractivity contribution in [3.05, 3.63) is 52.5 Å². The number of aromatic nitrogens is 2. The molecule has 1 fully saturated rings. The van der Waals surface area contributed by atoms with Gasteiger partial charge in [0, 0.05) is 0 Å². The number of nitrogens with one attached hydrogen (secondary N) is 1. The zero-order chi connectivity index (χ0) is 17.3. The van der Waals surface area contributed by atoms with Crippen LogP contribution in [0, 0.1) is 0 Å². The Bertz CT molecular complexity index is 888. The topological polar surface area (TPSA) is 94.0 Å². The Hall–Kier alpha value is -2.22. The Balaban J connectivity index is 0.00000196. The van der Waals surface area contributed by atoms with Crippen LogP contribution in [0.3, 0.4) is 0 Å². The first-order valence-corrected chi connectivity index (χ1v) is 9.11. The molecule has 2 heterocycles. The molecule has 0 unspecified atom stereocenters. The van der Waals surface area contributed by atoms with Crippen molar-refractivity contribution in [1.82, 2.24) is 10.1 Å². The standard InChI is InChI=1S/C18H18N4O2S.ClH/c19-18(9-3-4-10-18)17-21-16(24-22-17)12-6-1-2-7-13(12)20-15(23)14-8-5-11-25-14;/h1-2,5-8,11H,3-4,9-10,19H2,(H,20,23);1H. The molecule has 0 radical (unpaired) electrons. The molecule has 6 nitrogen and oxygen atoms in total. The number of nitrogens with two attached hydrogens (primary N) is 1. The summed E-state index contributed by atoms with van der Waals surface area (Å²) in [6.45, 7) is 0. The molecule has 0 saturated heterocycles. The molecule has 8 heteroatoms. The summed E-state index contributed by atoms with van der Waals surface area (Å²) in [4.78, 5) is 17.5. The predicted molar refractivity (Wildman–Crippen MR) is 104 cm³/mol. The van der Waals surface area contributed by atoms with E-state index in [4.69, 9.17) is 10.3 Å². The minimum atomic E-state index is -0.503. The van der Waals surface area contributed by atoms with Gasteiger partial charge in [-0.2, -0.15) is 4.98 Å². The average Bonchev–Trinajstić information content (AvgIpc) is 3.37. The van der Waals surface area contributed by atoms with E-state index in [0.29, 0.717) is 27.8 Å². The van der Waals surface area contributed by atoms with E-state index in [1.54, 1.807) is 6.07 Å². The van der Waals surface area contributed by atoms with E-state index in [9.17, 15) is 4.79 Å². The largest absolute Gasteiger partial charge is 0.334 e. The van der Waals surface area contributed by atoms with Gasteiger partial charge in [0.25, 0.3) is 11.8 Å². The van der Waals surface area contributed by atoms with E-state index >= 15 is 0 Å². The number of carbonyl (C=O) groups is 1. The van der Waals surface area contributed by atoms with Crippen molar-refractivity contribution in [1.29, 1.82) is 0 Å². The summed E-state index contributed by atoms with van der Waals surface area (Å²) in [6.07, 6.45) is 3.88. The highest BCUT2D eigenvalue weighted by atomic mass is 35.5. The number of anilines is 1. The third-order valence-electron chi connectivity index (χ3n) is 4.52. The van der Waals surface area contributed by atoms with Gasteiger partial charge in [0.1, 0.15) is 0 Å². The Kier molecular flexibility index (Phi) is 5.41. The average molecular weight is 391 g/mol. The van der Waals surface area contributed by atoms with Gasteiger partial charge in [-0.3, -0.25) is 4.79 Å². The van der Waals surface area contributed by atoms with Crippen molar-refractivity contribution < 1.29 is 9.32 Å². The van der Waals surface area contributed by atoms with E-state index in [0.717, 1.165) is 25.7 Å². The fraction of sp³-hybridized carbons (Fsp3) is 0.278. The van der Waals surface area contributed by atoms with Gasteiger partial charge < -0.3 is 15.6 Å². The number of para-hydroxylation sites is 1. The fourth-order valence-electron chi connectivity index (χ4n) is 3.13. The minimum Gasteiger partial charge on any atom is -0.334 e. The lowest BCUT2D eigenvalue weighted by Gasteiger charge is -2.17. The smallest absolute Gasteiger partial charge is 0.265 e. The van der Waals surface area contributed by atoms with Crippen molar-refractivity contribution in [2.45, 2.75) is 31.2 Å². The number of thiophene rings is 1. The maximum absolute atomic E-state index is 12.3. The third-order valence-corrected chi connectivity index (χ3v) is 5.39. The number of nitrogens with zero attached hydrogens (tertiary/aromatic N) is 2. The van der Waals surface area contributed by atoms with Crippen LogP contribution >= 0.6 is 23.7 Å². The summed E-state index contributed by atoms with van der Waals surface area (Å²) in [5.74, 6) is 0.751.